The van der Waals surface area contributed by atoms with Gasteiger partial charge in [0.25, 0.3) is 0 Å². The molecule has 1 saturated heterocycles. The molecule has 0 spiro atoms. The Labute approximate surface area is 251 Å². The highest BCUT2D eigenvalue weighted by atomic mass is 35.5. The number of carbonyl (C=O) groups is 4. The van der Waals surface area contributed by atoms with Gasteiger partial charge in [-0.1, -0.05) is 51.4 Å². The third-order valence-electron chi connectivity index (χ3n) is 7.90. The molecule has 0 bridgehead atoms. The van der Waals surface area contributed by atoms with Gasteiger partial charge in [-0.25, -0.2) is 14.4 Å². The zero-order chi connectivity index (χ0) is 31.5. The molecule has 5 N–H and O–H groups in total. The molecule has 42 heavy (non-hydrogen) atoms. The quantitative estimate of drug-likeness (QED) is 0.230. The van der Waals surface area contributed by atoms with Crippen molar-refractivity contribution in [2.24, 2.45) is 17.1 Å². The first-order valence-electron chi connectivity index (χ1n) is 14.0. The molecule has 0 aromatic heterocycles. The van der Waals surface area contributed by atoms with E-state index < -0.39 is 53.1 Å². The maximum atomic E-state index is 13.6. The lowest BCUT2D eigenvalue weighted by molar-refractivity contribution is -0.157. The molecular formula is C29H43ClN4O8. The lowest BCUT2D eigenvalue weighted by Crippen LogP contribution is -2.61. The number of aliphatic hydroxyl groups is 1. The molecule has 0 radical (unpaired) electrons. The summed E-state index contributed by atoms with van der Waals surface area (Å²) in [6, 6.07) is 5.62. The molecule has 3 amide bonds. The van der Waals surface area contributed by atoms with Crippen molar-refractivity contribution in [1.82, 2.24) is 15.5 Å². The normalized spacial score (nSPS) is 21.6. The molecule has 13 heteroatoms. The largest absolute Gasteiger partial charge is 0.511 e. The minimum Gasteiger partial charge on any atom is -0.426 e. The van der Waals surface area contributed by atoms with Gasteiger partial charge in [0.1, 0.15) is 17.2 Å². The minimum atomic E-state index is -1.18. The highest BCUT2D eigenvalue weighted by molar-refractivity contribution is 6.30. The van der Waals surface area contributed by atoms with Crippen molar-refractivity contribution in [2.45, 2.75) is 83.6 Å². The number of rotatable bonds is 10. The number of esters is 1. The van der Waals surface area contributed by atoms with Crippen LogP contribution in [0.1, 0.15) is 66.4 Å². The average molecular weight is 611 g/mol. The van der Waals surface area contributed by atoms with Gasteiger partial charge in [-0.05, 0) is 56.7 Å². The molecule has 1 aromatic rings. The van der Waals surface area contributed by atoms with Crippen molar-refractivity contribution in [3.05, 3.63) is 34.9 Å². The number of nitrogens with one attached hydrogen (secondary N) is 2. The Bertz CT molecular complexity index is 1170. The molecule has 1 heterocycles. The summed E-state index contributed by atoms with van der Waals surface area (Å²) in [7, 11) is 0. The van der Waals surface area contributed by atoms with Gasteiger partial charge in [0.05, 0.1) is 12.1 Å². The van der Waals surface area contributed by atoms with Gasteiger partial charge >= 0.3 is 18.2 Å². The predicted molar refractivity (Wildman–Crippen MR) is 154 cm³/mol. The van der Waals surface area contributed by atoms with Gasteiger partial charge in [0.2, 0.25) is 12.7 Å². The lowest BCUT2D eigenvalue weighted by atomic mass is 9.66. The molecule has 1 saturated carbocycles. The van der Waals surface area contributed by atoms with Crippen LogP contribution in [0.5, 0.6) is 0 Å². The van der Waals surface area contributed by atoms with E-state index in [1.54, 1.807) is 43.0 Å². The van der Waals surface area contributed by atoms with Crippen LogP contribution >= 0.6 is 11.6 Å². The molecule has 234 valence electrons. The number of hydrogen-bond donors (Lipinski definition) is 4. The Morgan fingerprint density at radius 2 is 1.71 bits per heavy atom. The van der Waals surface area contributed by atoms with Crippen LogP contribution in [0.4, 0.5) is 9.59 Å². The van der Waals surface area contributed by atoms with Crippen LogP contribution in [0.3, 0.4) is 0 Å². The third-order valence-corrected chi connectivity index (χ3v) is 8.15. The topological polar surface area (TPSA) is 170 Å². The smallest absolute Gasteiger partial charge is 0.426 e. The molecular weight excluding hydrogens is 568 g/mol. The molecule has 3 rings (SSSR count). The fraction of sp³-hybridized carbons (Fsp3) is 0.655. The Morgan fingerprint density at radius 1 is 1.10 bits per heavy atom. The Morgan fingerprint density at radius 3 is 2.26 bits per heavy atom. The van der Waals surface area contributed by atoms with Crippen molar-refractivity contribution < 1.29 is 38.5 Å². The van der Waals surface area contributed by atoms with E-state index in [1.807, 2.05) is 27.7 Å². The minimum absolute atomic E-state index is 0.0937. The number of amides is 3. The van der Waals surface area contributed by atoms with E-state index in [2.05, 4.69) is 10.6 Å². The number of urea groups is 1. The van der Waals surface area contributed by atoms with Crippen LogP contribution in [0.15, 0.2) is 24.3 Å². The molecule has 2 fully saturated rings. The first-order chi connectivity index (χ1) is 19.4. The van der Waals surface area contributed by atoms with E-state index in [0.29, 0.717) is 30.8 Å². The predicted octanol–water partition coefficient (Wildman–Crippen LogP) is 3.03. The van der Waals surface area contributed by atoms with Gasteiger partial charge in [-0.2, -0.15) is 0 Å². The fourth-order valence-corrected chi connectivity index (χ4v) is 5.00. The number of likely N-dealkylation sites (tertiary alicyclic amines) is 1. The van der Waals surface area contributed by atoms with E-state index in [1.165, 1.54) is 0 Å². The second-order valence-electron chi connectivity index (χ2n) is 12.8. The van der Waals surface area contributed by atoms with Crippen molar-refractivity contribution in [3.63, 3.8) is 0 Å². The van der Waals surface area contributed by atoms with Gasteiger partial charge in [-0.15, -0.1) is 0 Å². The van der Waals surface area contributed by atoms with Crippen LogP contribution in [-0.2, 0) is 29.4 Å². The summed E-state index contributed by atoms with van der Waals surface area (Å²) in [5, 5.41) is 17.6. The van der Waals surface area contributed by atoms with Crippen LogP contribution in [0.2, 0.25) is 5.02 Å². The molecule has 1 aliphatic heterocycles. The maximum absolute atomic E-state index is 13.6. The summed E-state index contributed by atoms with van der Waals surface area (Å²) in [6.07, 6.45) is 0.269. The van der Waals surface area contributed by atoms with E-state index in [4.69, 9.17) is 31.5 Å². The van der Waals surface area contributed by atoms with E-state index in [-0.39, 0.29) is 24.9 Å². The zero-order valence-corrected chi connectivity index (χ0v) is 25.9. The zero-order valence-electron chi connectivity index (χ0n) is 25.1. The van der Waals surface area contributed by atoms with Crippen LogP contribution in [0, 0.1) is 11.3 Å². The highest BCUT2D eigenvalue weighted by Gasteiger charge is 2.50. The summed E-state index contributed by atoms with van der Waals surface area (Å²) < 4.78 is 14.8. The van der Waals surface area contributed by atoms with Gasteiger partial charge in [0.15, 0.2) is 0 Å². The van der Waals surface area contributed by atoms with Crippen molar-refractivity contribution in [1.29, 1.82) is 0 Å². The first kappa shape index (κ1) is 33.4. The number of halogens is 1. The van der Waals surface area contributed by atoms with Crippen LogP contribution in [-0.4, -0.2) is 77.7 Å². The van der Waals surface area contributed by atoms with Crippen molar-refractivity contribution >= 4 is 35.7 Å². The van der Waals surface area contributed by atoms with Gasteiger partial charge in [-0.3, -0.25) is 4.79 Å². The van der Waals surface area contributed by atoms with Crippen molar-refractivity contribution in [3.8, 4) is 0 Å². The summed E-state index contributed by atoms with van der Waals surface area (Å²) in [4.78, 5) is 51.7. The number of piperidine rings is 1. The third kappa shape index (κ3) is 8.05. The average Bonchev–Trinajstić information content (AvgIpc) is 3.65. The maximum Gasteiger partial charge on any atom is 0.511 e. The fourth-order valence-electron chi connectivity index (χ4n) is 4.87. The van der Waals surface area contributed by atoms with Crippen molar-refractivity contribution in [2.75, 3.05) is 26.4 Å². The van der Waals surface area contributed by atoms with Gasteiger partial charge in [0, 0.05) is 23.5 Å². The highest BCUT2D eigenvalue weighted by Crippen LogP contribution is 2.46. The molecule has 2 aliphatic rings. The number of carbonyl (C=O) groups excluding carboxylic acids is 4. The Hall–Kier alpha value is -3.09. The molecule has 1 unspecified atom stereocenters. The van der Waals surface area contributed by atoms with E-state index in [0.717, 1.165) is 5.56 Å². The summed E-state index contributed by atoms with van der Waals surface area (Å²) >= 11 is 6.03. The Balaban J connectivity index is 1.51. The van der Waals surface area contributed by atoms with Crippen LogP contribution < -0.4 is 16.4 Å². The van der Waals surface area contributed by atoms with E-state index >= 15 is 0 Å². The number of benzene rings is 1. The second kappa shape index (κ2) is 12.6. The van der Waals surface area contributed by atoms with E-state index in [9.17, 15) is 24.3 Å². The molecule has 1 aliphatic carbocycles. The second-order valence-corrected chi connectivity index (χ2v) is 13.2. The standard InChI is InChI=1S/C29H43ClN4O8/c1-18(2)21(22(35)34-14-13-29(39,26(3,4)16-34)19-7-9-20(30)10-8-19)33-24(37)32-15-27(5,6)42-25(38)41-17-40-23(36)28(31)11-12-28/h7-10,18,21,39H,11-17,31H2,1-6H3,(H2,32,33,37)/t21?,29-/m0/s1. The monoisotopic (exact) mass is 610 g/mol. The van der Waals surface area contributed by atoms with Crippen LogP contribution in [0.25, 0.3) is 0 Å². The SMILES string of the molecule is CC(C)C(NC(=O)NCC(C)(C)OC(=O)OCOC(=O)C1(N)CC1)C(=O)N1CC[C@](O)(c2ccc(Cl)cc2)C(C)(C)C1. The summed E-state index contributed by atoms with van der Waals surface area (Å²) in [5.74, 6) is -1.13. The number of ether oxygens (including phenoxy) is 3. The number of hydrogen-bond acceptors (Lipinski definition) is 9. The number of nitrogens with zero attached hydrogens (tertiary/aromatic N) is 1. The Kier molecular flexibility index (Phi) is 10.1. The molecule has 12 nitrogen and oxygen atoms in total. The lowest BCUT2D eigenvalue weighted by Gasteiger charge is -2.51. The first-order valence-corrected chi connectivity index (χ1v) is 14.4. The van der Waals surface area contributed by atoms with Gasteiger partial charge < -0.3 is 40.6 Å². The molecule has 2 atom stereocenters. The summed E-state index contributed by atoms with van der Waals surface area (Å²) in [5.41, 5.74) is 2.43. The summed E-state index contributed by atoms with van der Waals surface area (Å²) in [6.45, 7) is 10.4. The number of nitrogens with two attached hydrogens (primary N) is 1. The molecule has 1 aromatic carbocycles.